The van der Waals surface area contributed by atoms with Gasteiger partial charge in [-0.1, -0.05) is 12.1 Å². The lowest BCUT2D eigenvalue weighted by Crippen LogP contribution is -2.35. The minimum atomic E-state index is 0.174. The summed E-state index contributed by atoms with van der Waals surface area (Å²) < 4.78 is 11.1. The normalized spacial score (nSPS) is 21.0. The van der Waals surface area contributed by atoms with E-state index in [1.165, 1.54) is 5.56 Å². The van der Waals surface area contributed by atoms with Crippen molar-refractivity contribution in [1.29, 1.82) is 0 Å². The Balaban J connectivity index is 1.23. The number of guanidine groups is 1. The van der Waals surface area contributed by atoms with Crippen LogP contribution in [-0.4, -0.2) is 68.2 Å². The van der Waals surface area contributed by atoms with Crippen molar-refractivity contribution in [3.8, 4) is 11.5 Å². The van der Waals surface area contributed by atoms with Gasteiger partial charge in [0.1, 0.15) is 18.1 Å². The number of aliphatic hydroxyl groups is 1. The highest BCUT2D eigenvalue weighted by Gasteiger charge is 2.23. The molecule has 1 saturated heterocycles. The molecular formula is C24H30N4O3. The molecule has 4 rings (SSSR count). The molecule has 1 fully saturated rings. The molecule has 0 aliphatic carbocycles. The van der Waals surface area contributed by atoms with E-state index in [4.69, 9.17) is 9.47 Å². The fourth-order valence-electron chi connectivity index (χ4n) is 3.99. The third kappa shape index (κ3) is 5.62. The molecule has 0 bridgehead atoms. The summed E-state index contributed by atoms with van der Waals surface area (Å²) in [5.74, 6) is 2.47. The molecule has 2 aliphatic rings. The average molecular weight is 423 g/mol. The second-order valence-electron chi connectivity index (χ2n) is 7.83. The molecule has 164 valence electrons. The number of anilines is 1. The first kappa shape index (κ1) is 21.3. The Morgan fingerprint density at radius 3 is 2.55 bits per heavy atom. The molecule has 7 heteroatoms. The summed E-state index contributed by atoms with van der Waals surface area (Å²) in [6.07, 6.45) is 4.16. The molecule has 2 aromatic carbocycles. The van der Waals surface area contributed by atoms with Gasteiger partial charge in [0.05, 0.1) is 20.3 Å². The highest BCUT2D eigenvalue weighted by atomic mass is 16.5. The molecular weight excluding hydrogens is 392 g/mol. The number of aliphatic hydroxyl groups excluding tert-OH is 1. The minimum Gasteiger partial charge on any atom is -0.497 e. The zero-order valence-corrected chi connectivity index (χ0v) is 17.9. The van der Waals surface area contributed by atoms with E-state index in [0.29, 0.717) is 19.1 Å². The Hall–Kier alpha value is -2.90. The van der Waals surface area contributed by atoms with E-state index in [2.05, 4.69) is 32.3 Å². The predicted molar refractivity (Wildman–Crippen MR) is 124 cm³/mol. The van der Waals surface area contributed by atoms with Gasteiger partial charge in [-0.05, 0) is 61.3 Å². The monoisotopic (exact) mass is 422 g/mol. The molecule has 2 aromatic rings. The van der Waals surface area contributed by atoms with Crippen LogP contribution in [0.2, 0.25) is 0 Å². The van der Waals surface area contributed by atoms with Gasteiger partial charge in [0.2, 0.25) is 5.96 Å². The van der Waals surface area contributed by atoms with Crippen LogP contribution in [0.4, 0.5) is 5.69 Å². The second-order valence-corrected chi connectivity index (χ2v) is 7.83. The molecule has 0 aromatic heterocycles. The van der Waals surface area contributed by atoms with Crippen molar-refractivity contribution in [3.63, 3.8) is 0 Å². The zero-order valence-electron chi connectivity index (χ0n) is 17.9. The lowest BCUT2D eigenvalue weighted by atomic mass is 10.00. The first-order chi connectivity index (χ1) is 15.2. The van der Waals surface area contributed by atoms with Crippen molar-refractivity contribution in [2.24, 2.45) is 9.98 Å². The van der Waals surface area contributed by atoms with Crippen molar-refractivity contribution < 1.29 is 14.6 Å². The fraction of sp³-hybridized carbons (Fsp3) is 0.417. The van der Waals surface area contributed by atoms with Crippen LogP contribution >= 0.6 is 0 Å². The number of methoxy groups -OCH3 is 1. The van der Waals surface area contributed by atoms with Crippen LogP contribution in [0.15, 0.2) is 58.5 Å². The maximum absolute atomic E-state index is 9.40. The standard InChI is InChI=1S/C24H30N4O3/c1-30-22-8-4-18(5-9-22)19-15-25-24(26-16-19)27-20-6-10-23(11-7-20)31-14-13-28-12-2-3-21(28)17-29/h4-11,15,19,21,29H,2-3,12-14,16-17H2,1H3,(H,26,27)/t19?,21-/m0/s1. The molecule has 0 saturated carbocycles. The molecule has 0 amide bonds. The van der Waals surface area contributed by atoms with E-state index in [-0.39, 0.29) is 18.6 Å². The SMILES string of the molecule is COc1ccc(C2C=NC(Nc3ccc(OCCN4CCC[C@H]4CO)cc3)=NC2)cc1. The highest BCUT2D eigenvalue weighted by molar-refractivity contribution is 6.00. The quantitative estimate of drug-likeness (QED) is 0.683. The summed E-state index contributed by atoms with van der Waals surface area (Å²) in [4.78, 5) is 11.4. The number of nitrogens with one attached hydrogen (secondary N) is 1. The number of nitrogens with zero attached hydrogens (tertiary/aromatic N) is 3. The van der Waals surface area contributed by atoms with E-state index < -0.39 is 0 Å². The molecule has 2 N–H and O–H groups in total. The maximum Gasteiger partial charge on any atom is 0.222 e. The molecule has 2 heterocycles. The summed E-state index contributed by atoms with van der Waals surface area (Å²) in [5.41, 5.74) is 2.10. The van der Waals surface area contributed by atoms with E-state index >= 15 is 0 Å². The molecule has 31 heavy (non-hydrogen) atoms. The van der Waals surface area contributed by atoms with Gasteiger partial charge in [-0.15, -0.1) is 0 Å². The minimum absolute atomic E-state index is 0.174. The van der Waals surface area contributed by atoms with Gasteiger partial charge < -0.3 is 19.9 Å². The van der Waals surface area contributed by atoms with Crippen LogP contribution in [0, 0.1) is 0 Å². The maximum atomic E-state index is 9.40. The Morgan fingerprint density at radius 1 is 1.10 bits per heavy atom. The summed E-state index contributed by atoms with van der Waals surface area (Å²) in [7, 11) is 1.67. The van der Waals surface area contributed by atoms with Gasteiger partial charge in [0, 0.05) is 30.4 Å². The highest BCUT2D eigenvalue weighted by Crippen LogP contribution is 2.22. The lowest BCUT2D eigenvalue weighted by Gasteiger charge is -2.22. The fourth-order valence-corrected chi connectivity index (χ4v) is 3.99. The van der Waals surface area contributed by atoms with Crippen molar-refractivity contribution in [3.05, 3.63) is 54.1 Å². The molecule has 7 nitrogen and oxygen atoms in total. The molecule has 0 radical (unpaired) electrons. The smallest absolute Gasteiger partial charge is 0.222 e. The van der Waals surface area contributed by atoms with E-state index in [1.54, 1.807) is 7.11 Å². The first-order valence-corrected chi connectivity index (χ1v) is 10.8. The number of hydrogen-bond acceptors (Lipinski definition) is 7. The Kier molecular flexibility index (Phi) is 7.17. The zero-order chi connectivity index (χ0) is 21.5. The Bertz CT molecular complexity index is 896. The molecule has 2 aliphatic heterocycles. The number of benzene rings is 2. The van der Waals surface area contributed by atoms with Crippen LogP contribution in [0.3, 0.4) is 0 Å². The third-order valence-electron chi connectivity index (χ3n) is 5.83. The van der Waals surface area contributed by atoms with Gasteiger partial charge in [-0.25, -0.2) is 4.99 Å². The summed E-state index contributed by atoms with van der Waals surface area (Å²) in [5, 5.41) is 12.6. The second kappa shape index (κ2) is 10.4. The Labute approximate surface area is 183 Å². The number of rotatable bonds is 8. The van der Waals surface area contributed by atoms with Gasteiger partial charge in [-0.3, -0.25) is 9.89 Å². The van der Waals surface area contributed by atoms with Crippen LogP contribution in [-0.2, 0) is 0 Å². The number of aliphatic imine (C=N–C) groups is 2. The number of hydrogen-bond donors (Lipinski definition) is 2. The van der Waals surface area contributed by atoms with Gasteiger partial charge in [0.15, 0.2) is 0 Å². The van der Waals surface area contributed by atoms with Crippen molar-refractivity contribution >= 4 is 17.9 Å². The Morgan fingerprint density at radius 2 is 1.87 bits per heavy atom. The van der Waals surface area contributed by atoms with Crippen LogP contribution in [0.5, 0.6) is 11.5 Å². The van der Waals surface area contributed by atoms with E-state index in [1.807, 2.05) is 42.6 Å². The van der Waals surface area contributed by atoms with Gasteiger partial charge in [0.25, 0.3) is 0 Å². The molecule has 1 unspecified atom stereocenters. The third-order valence-corrected chi connectivity index (χ3v) is 5.83. The lowest BCUT2D eigenvalue weighted by molar-refractivity contribution is 0.139. The molecule has 0 spiro atoms. The van der Waals surface area contributed by atoms with Crippen LogP contribution in [0.25, 0.3) is 0 Å². The topological polar surface area (TPSA) is 78.7 Å². The van der Waals surface area contributed by atoms with Crippen molar-refractivity contribution in [2.45, 2.75) is 24.8 Å². The predicted octanol–water partition coefficient (Wildman–Crippen LogP) is 3.17. The average Bonchev–Trinajstić information content (AvgIpc) is 3.28. The van der Waals surface area contributed by atoms with Gasteiger partial charge >= 0.3 is 0 Å². The van der Waals surface area contributed by atoms with Crippen LogP contribution in [0.1, 0.15) is 24.3 Å². The number of ether oxygens (including phenoxy) is 2. The van der Waals surface area contributed by atoms with E-state index in [0.717, 1.165) is 43.1 Å². The van der Waals surface area contributed by atoms with Crippen LogP contribution < -0.4 is 14.8 Å². The number of likely N-dealkylation sites (tertiary alicyclic amines) is 1. The van der Waals surface area contributed by atoms with Crippen molar-refractivity contribution in [2.75, 3.05) is 45.3 Å². The summed E-state index contributed by atoms with van der Waals surface area (Å²) in [6, 6.07) is 16.1. The van der Waals surface area contributed by atoms with E-state index in [9.17, 15) is 5.11 Å². The summed E-state index contributed by atoms with van der Waals surface area (Å²) in [6.45, 7) is 3.39. The van der Waals surface area contributed by atoms with Crippen molar-refractivity contribution in [1.82, 2.24) is 4.90 Å². The molecule has 2 atom stereocenters. The van der Waals surface area contributed by atoms with Gasteiger partial charge in [-0.2, -0.15) is 0 Å². The summed E-state index contributed by atoms with van der Waals surface area (Å²) >= 11 is 0. The largest absolute Gasteiger partial charge is 0.497 e. The first-order valence-electron chi connectivity index (χ1n) is 10.8.